The van der Waals surface area contributed by atoms with Crippen molar-refractivity contribution in [3.05, 3.63) is 58.6 Å². The van der Waals surface area contributed by atoms with E-state index >= 15 is 0 Å². The molecule has 1 aromatic carbocycles. The molecule has 1 aliphatic carbocycles. The zero-order valence-electron chi connectivity index (χ0n) is 20.1. The van der Waals surface area contributed by atoms with Crippen molar-refractivity contribution >= 4 is 17.4 Å². The van der Waals surface area contributed by atoms with E-state index in [1.165, 1.54) is 18.2 Å². The Morgan fingerprint density at radius 2 is 1.66 bits per heavy atom. The predicted octanol–water partition coefficient (Wildman–Crippen LogP) is 5.99. The third kappa shape index (κ3) is 5.87. The Hall–Kier alpha value is -2.89. The molecule has 174 valence electrons. The van der Waals surface area contributed by atoms with Gasteiger partial charge in [0.1, 0.15) is 17.1 Å². The Morgan fingerprint density at radius 1 is 1.06 bits per heavy atom. The number of benzene rings is 1. The van der Waals surface area contributed by atoms with Crippen LogP contribution >= 0.6 is 0 Å². The third-order valence-corrected chi connectivity index (χ3v) is 5.20. The van der Waals surface area contributed by atoms with Crippen molar-refractivity contribution in [1.82, 2.24) is 0 Å². The van der Waals surface area contributed by atoms with Gasteiger partial charge >= 0.3 is 0 Å². The molecule has 6 heteroatoms. The van der Waals surface area contributed by atoms with E-state index in [1.54, 1.807) is 6.92 Å². The van der Waals surface area contributed by atoms with Gasteiger partial charge in [-0.05, 0) is 53.9 Å². The molecule has 0 heterocycles. The summed E-state index contributed by atoms with van der Waals surface area (Å²) in [5, 5.41) is 13.4. The summed E-state index contributed by atoms with van der Waals surface area (Å²) in [6, 6.07) is 3.38. The fourth-order valence-corrected chi connectivity index (χ4v) is 3.47. The molecule has 1 amide bonds. The molecule has 0 spiro atoms. The number of nitrogens with one attached hydrogen (secondary N) is 1. The van der Waals surface area contributed by atoms with Gasteiger partial charge in [0.15, 0.2) is 0 Å². The second kappa shape index (κ2) is 9.72. The SMILES string of the molecule is CCO/C=C(\C(=O)Nc1cc(O)c(C(C)(C)C)cc1C(C)(C)C)C(=O)C1=CCCC=C1F. The van der Waals surface area contributed by atoms with Crippen LogP contribution in [0.5, 0.6) is 5.75 Å². The first-order chi connectivity index (χ1) is 14.8. The fourth-order valence-electron chi connectivity index (χ4n) is 3.47. The lowest BCUT2D eigenvalue weighted by atomic mass is 9.79. The lowest BCUT2D eigenvalue weighted by Crippen LogP contribution is -2.25. The van der Waals surface area contributed by atoms with Gasteiger partial charge in [-0.15, -0.1) is 0 Å². The van der Waals surface area contributed by atoms with E-state index in [1.807, 2.05) is 47.6 Å². The van der Waals surface area contributed by atoms with Crippen molar-refractivity contribution < 1.29 is 23.8 Å². The average molecular weight is 444 g/mol. The van der Waals surface area contributed by atoms with Crippen LogP contribution in [-0.2, 0) is 25.2 Å². The Morgan fingerprint density at radius 3 is 2.19 bits per heavy atom. The maximum absolute atomic E-state index is 14.2. The number of hydrogen-bond donors (Lipinski definition) is 2. The summed E-state index contributed by atoms with van der Waals surface area (Å²) in [5.41, 5.74) is 0.838. The number of anilines is 1. The van der Waals surface area contributed by atoms with Crippen LogP contribution in [0, 0.1) is 0 Å². The zero-order chi connectivity index (χ0) is 24.3. The molecule has 0 saturated carbocycles. The Balaban J connectivity index is 2.50. The van der Waals surface area contributed by atoms with Crippen molar-refractivity contribution in [3.8, 4) is 5.75 Å². The number of phenols is 1. The van der Waals surface area contributed by atoms with E-state index in [0.29, 0.717) is 18.5 Å². The van der Waals surface area contributed by atoms with Crippen molar-refractivity contribution in [2.75, 3.05) is 11.9 Å². The fraction of sp³-hybridized carbons (Fsp3) is 0.462. The molecule has 0 aliphatic heterocycles. The number of Topliss-reactive ketones (excluding diaryl/α,β-unsaturated/α-hetero) is 1. The molecule has 1 aliphatic rings. The average Bonchev–Trinajstić information content (AvgIpc) is 2.66. The van der Waals surface area contributed by atoms with Crippen LogP contribution < -0.4 is 5.32 Å². The topological polar surface area (TPSA) is 75.6 Å². The van der Waals surface area contributed by atoms with Crippen LogP contribution in [-0.4, -0.2) is 23.4 Å². The number of rotatable bonds is 6. The summed E-state index contributed by atoms with van der Waals surface area (Å²) < 4.78 is 19.5. The first-order valence-electron chi connectivity index (χ1n) is 10.9. The molecule has 1 aromatic rings. The number of carbonyl (C=O) groups excluding carboxylic acids is 2. The molecule has 0 unspecified atom stereocenters. The minimum absolute atomic E-state index is 0.0476. The standard InChI is InChI=1S/C26H34FNO4/c1-8-32-15-17(23(30)16-11-9-10-12-20(16)27)24(31)28-21-14-22(29)19(26(5,6)7)13-18(21)25(2,3)4/h11-15,29H,8-10H2,1-7H3,(H,28,31)/b17-15-. The van der Waals surface area contributed by atoms with E-state index in [9.17, 15) is 19.1 Å². The summed E-state index contributed by atoms with van der Waals surface area (Å²) in [7, 11) is 0. The molecular weight excluding hydrogens is 409 g/mol. The summed E-state index contributed by atoms with van der Waals surface area (Å²) >= 11 is 0. The Labute approximate surface area is 190 Å². The lowest BCUT2D eigenvalue weighted by molar-refractivity contribution is -0.118. The van der Waals surface area contributed by atoms with Gasteiger partial charge in [-0.25, -0.2) is 4.39 Å². The van der Waals surface area contributed by atoms with Crippen molar-refractivity contribution in [2.45, 2.75) is 72.1 Å². The highest BCUT2D eigenvalue weighted by Gasteiger charge is 2.29. The van der Waals surface area contributed by atoms with Crippen molar-refractivity contribution in [3.63, 3.8) is 0 Å². The number of halogens is 1. The minimum Gasteiger partial charge on any atom is -0.508 e. The molecule has 0 fully saturated rings. The first-order valence-corrected chi connectivity index (χ1v) is 10.9. The van der Waals surface area contributed by atoms with Gasteiger partial charge in [-0.1, -0.05) is 47.6 Å². The van der Waals surface area contributed by atoms with Crippen LogP contribution in [0.4, 0.5) is 10.1 Å². The summed E-state index contributed by atoms with van der Waals surface area (Å²) in [5.74, 6) is -2.06. The van der Waals surface area contributed by atoms with Gasteiger partial charge in [0, 0.05) is 11.8 Å². The molecule has 0 bridgehead atoms. The van der Waals surface area contributed by atoms with E-state index < -0.39 is 17.5 Å². The van der Waals surface area contributed by atoms with Gasteiger partial charge in [0.05, 0.1) is 18.4 Å². The zero-order valence-corrected chi connectivity index (χ0v) is 20.1. The molecule has 2 N–H and O–H groups in total. The monoisotopic (exact) mass is 443 g/mol. The van der Waals surface area contributed by atoms with Crippen molar-refractivity contribution in [1.29, 1.82) is 0 Å². The van der Waals surface area contributed by atoms with E-state index in [0.717, 1.165) is 17.4 Å². The number of hydrogen-bond acceptors (Lipinski definition) is 4. The normalized spacial score (nSPS) is 15.1. The van der Waals surface area contributed by atoms with Gasteiger partial charge in [-0.2, -0.15) is 0 Å². The lowest BCUT2D eigenvalue weighted by Gasteiger charge is -2.28. The van der Waals surface area contributed by atoms with Gasteiger partial charge < -0.3 is 15.2 Å². The van der Waals surface area contributed by atoms with Crippen LogP contribution in [0.1, 0.15) is 72.4 Å². The smallest absolute Gasteiger partial charge is 0.262 e. The van der Waals surface area contributed by atoms with E-state index in [4.69, 9.17) is 4.74 Å². The van der Waals surface area contributed by atoms with Gasteiger partial charge in [-0.3, -0.25) is 9.59 Å². The number of aromatic hydroxyl groups is 1. The second-order valence-electron chi connectivity index (χ2n) is 9.93. The van der Waals surface area contributed by atoms with Gasteiger partial charge in [0.2, 0.25) is 5.78 Å². The Bertz CT molecular complexity index is 988. The number of allylic oxidation sites excluding steroid dienone is 4. The highest BCUT2D eigenvalue weighted by molar-refractivity contribution is 6.29. The second-order valence-corrected chi connectivity index (χ2v) is 9.93. The highest BCUT2D eigenvalue weighted by atomic mass is 19.1. The number of ketones is 1. The van der Waals surface area contributed by atoms with Crippen LogP contribution in [0.15, 0.2) is 47.5 Å². The van der Waals surface area contributed by atoms with E-state index in [2.05, 4.69) is 5.32 Å². The minimum atomic E-state index is -0.739. The predicted molar refractivity (Wildman–Crippen MR) is 125 cm³/mol. The summed E-state index contributed by atoms with van der Waals surface area (Å²) in [6.07, 6.45) is 4.93. The van der Waals surface area contributed by atoms with E-state index in [-0.39, 0.29) is 34.3 Å². The maximum Gasteiger partial charge on any atom is 0.262 e. The molecule has 0 radical (unpaired) electrons. The maximum atomic E-state index is 14.2. The number of phenolic OH excluding ortho intramolecular Hbond substituents is 1. The first kappa shape index (κ1) is 25.4. The summed E-state index contributed by atoms with van der Waals surface area (Å²) in [6.45, 7) is 13.9. The number of carbonyl (C=O) groups is 2. The molecular formula is C26H34FNO4. The largest absolute Gasteiger partial charge is 0.508 e. The Kier molecular flexibility index (Phi) is 7.70. The van der Waals surface area contributed by atoms with Crippen LogP contribution in [0.2, 0.25) is 0 Å². The molecule has 5 nitrogen and oxygen atoms in total. The van der Waals surface area contributed by atoms with Gasteiger partial charge in [0.25, 0.3) is 5.91 Å². The number of amides is 1. The third-order valence-electron chi connectivity index (χ3n) is 5.20. The molecule has 0 atom stereocenters. The quantitative estimate of drug-likeness (QED) is 0.245. The molecule has 0 saturated heterocycles. The molecule has 2 rings (SSSR count). The number of ether oxygens (including phenoxy) is 1. The van der Waals surface area contributed by atoms with Crippen LogP contribution in [0.3, 0.4) is 0 Å². The summed E-state index contributed by atoms with van der Waals surface area (Å²) in [4.78, 5) is 26.1. The molecule has 32 heavy (non-hydrogen) atoms. The van der Waals surface area contributed by atoms with Crippen molar-refractivity contribution in [2.24, 2.45) is 0 Å². The van der Waals surface area contributed by atoms with Crippen LogP contribution in [0.25, 0.3) is 0 Å². The highest BCUT2D eigenvalue weighted by Crippen LogP contribution is 2.39. The molecule has 0 aromatic heterocycles.